The van der Waals surface area contributed by atoms with Crippen LogP contribution in [0.3, 0.4) is 0 Å². The molecular weight excluding hydrogens is 376 g/mol. The normalized spacial score (nSPS) is 10.7. The van der Waals surface area contributed by atoms with Gasteiger partial charge in [-0.05, 0) is 48.4 Å². The number of anilines is 1. The first-order chi connectivity index (χ1) is 14.6. The predicted octanol–water partition coefficient (Wildman–Crippen LogP) is 4.45. The number of benzene rings is 3. The molecule has 0 atom stereocenters. The summed E-state index contributed by atoms with van der Waals surface area (Å²) in [7, 11) is 0. The fraction of sp³-hybridized carbons (Fsp3) is 0.120. The molecule has 150 valence electrons. The van der Waals surface area contributed by atoms with Crippen molar-refractivity contribution in [3.8, 4) is 5.75 Å². The first kappa shape index (κ1) is 19.5. The van der Waals surface area contributed by atoms with Gasteiger partial charge in [-0.3, -0.25) is 9.59 Å². The number of fused-ring (bicyclic) bond motifs is 1. The fourth-order valence-electron chi connectivity index (χ4n) is 3.44. The summed E-state index contributed by atoms with van der Waals surface area (Å²) in [5, 5.41) is 0.909. The lowest BCUT2D eigenvalue weighted by Crippen LogP contribution is -2.35. The molecule has 0 fully saturated rings. The van der Waals surface area contributed by atoms with E-state index in [1.165, 1.54) is 0 Å². The number of ether oxygens (including phenoxy) is 1. The Hall–Kier alpha value is -3.86. The molecule has 5 nitrogen and oxygen atoms in total. The van der Waals surface area contributed by atoms with Crippen molar-refractivity contribution < 1.29 is 9.53 Å². The van der Waals surface area contributed by atoms with Gasteiger partial charge in [0.25, 0.3) is 5.91 Å². The van der Waals surface area contributed by atoms with E-state index in [9.17, 15) is 9.59 Å². The van der Waals surface area contributed by atoms with Crippen molar-refractivity contribution in [3.05, 3.63) is 106 Å². The highest BCUT2D eigenvalue weighted by Gasteiger charge is 2.19. The average molecular weight is 398 g/mol. The van der Waals surface area contributed by atoms with Crippen molar-refractivity contribution in [2.75, 3.05) is 11.5 Å². The second kappa shape index (κ2) is 8.66. The number of pyridine rings is 1. The van der Waals surface area contributed by atoms with E-state index in [2.05, 4.69) is 4.98 Å². The molecule has 4 rings (SSSR count). The molecule has 1 heterocycles. The molecule has 0 bridgehead atoms. The van der Waals surface area contributed by atoms with Crippen LogP contribution in [0.2, 0.25) is 0 Å². The van der Waals surface area contributed by atoms with Gasteiger partial charge in [-0.1, -0.05) is 48.5 Å². The highest BCUT2D eigenvalue weighted by molar-refractivity contribution is 5.95. The molecule has 1 aromatic heterocycles. The van der Waals surface area contributed by atoms with Gasteiger partial charge in [-0.15, -0.1) is 0 Å². The molecule has 0 radical (unpaired) electrons. The van der Waals surface area contributed by atoms with E-state index in [1.807, 2.05) is 85.8 Å². The molecule has 0 saturated carbocycles. The van der Waals surface area contributed by atoms with Crippen LogP contribution in [0.25, 0.3) is 10.9 Å². The number of carbonyl (C=O) groups excluding carboxylic acids is 1. The summed E-state index contributed by atoms with van der Waals surface area (Å²) in [6.07, 6.45) is 0. The van der Waals surface area contributed by atoms with Crippen molar-refractivity contribution in [3.63, 3.8) is 0 Å². The van der Waals surface area contributed by atoms with Crippen molar-refractivity contribution >= 4 is 22.5 Å². The molecule has 0 aliphatic heterocycles. The third-order valence-corrected chi connectivity index (χ3v) is 4.88. The van der Waals surface area contributed by atoms with Crippen LogP contribution >= 0.6 is 0 Å². The van der Waals surface area contributed by atoms with E-state index in [0.717, 1.165) is 27.7 Å². The van der Waals surface area contributed by atoms with Gasteiger partial charge in [0.15, 0.2) is 6.61 Å². The van der Waals surface area contributed by atoms with Crippen molar-refractivity contribution in [1.29, 1.82) is 0 Å². The molecule has 0 unspecified atom stereocenters. The summed E-state index contributed by atoms with van der Waals surface area (Å²) in [5.74, 6) is 0.450. The van der Waals surface area contributed by atoms with Crippen LogP contribution < -0.4 is 15.2 Å². The number of aromatic nitrogens is 1. The molecular formula is C25H22N2O3. The van der Waals surface area contributed by atoms with Gasteiger partial charge in [0.05, 0.1) is 6.54 Å². The smallest absolute Gasteiger partial charge is 0.265 e. The number of hydrogen-bond donors (Lipinski definition) is 1. The molecule has 0 aliphatic carbocycles. The van der Waals surface area contributed by atoms with Crippen LogP contribution in [0, 0.1) is 6.92 Å². The summed E-state index contributed by atoms with van der Waals surface area (Å²) in [5.41, 5.74) is 3.15. The van der Waals surface area contributed by atoms with Gasteiger partial charge in [-0.25, -0.2) is 0 Å². The van der Waals surface area contributed by atoms with Crippen LogP contribution in [-0.2, 0) is 11.3 Å². The molecule has 30 heavy (non-hydrogen) atoms. The minimum atomic E-state index is -0.194. The summed E-state index contributed by atoms with van der Waals surface area (Å²) in [6.45, 7) is 2.15. The molecule has 1 amide bonds. The summed E-state index contributed by atoms with van der Waals surface area (Å²) in [6, 6.07) is 26.1. The molecule has 5 heteroatoms. The van der Waals surface area contributed by atoms with Crippen molar-refractivity contribution in [2.24, 2.45) is 0 Å². The summed E-state index contributed by atoms with van der Waals surface area (Å²) >= 11 is 0. The Morgan fingerprint density at radius 1 is 0.933 bits per heavy atom. The largest absolute Gasteiger partial charge is 0.484 e. The number of carbonyl (C=O) groups is 1. The van der Waals surface area contributed by atoms with Crippen LogP contribution in [-0.4, -0.2) is 17.5 Å². The van der Waals surface area contributed by atoms with Gasteiger partial charge in [-0.2, -0.15) is 0 Å². The number of para-hydroxylation sites is 2. The van der Waals surface area contributed by atoms with Gasteiger partial charge in [0.2, 0.25) is 5.56 Å². The van der Waals surface area contributed by atoms with Gasteiger partial charge in [0, 0.05) is 22.7 Å². The number of rotatable bonds is 6. The summed E-state index contributed by atoms with van der Waals surface area (Å²) < 4.78 is 5.69. The number of amides is 1. The molecule has 0 spiro atoms. The lowest BCUT2D eigenvalue weighted by atomic mass is 10.1. The lowest BCUT2D eigenvalue weighted by molar-refractivity contribution is -0.120. The second-order valence-corrected chi connectivity index (χ2v) is 7.13. The van der Waals surface area contributed by atoms with Crippen molar-refractivity contribution in [1.82, 2.24) is 4.98 Å². The minimum Gasteiger partial charge on any atom is -0.484 e. The topological polar surface area (TPSA) is 62.4 Å². The third-order valence-electron chi connectivity index (χ3n) is 4.88. The zero-order valence-electron chi connectivity index (χ0n) is 16.7. The first-order valence-corrected chi connectivity index (χ1v) is 9.76. The number of H-pyrrole nitrogens is 1. The van der Waals surface area contributed by atoms with E-state index < -0.39 is 0 Å². The Bertz CT molecular complexity index is 1230. The SMILES string of the molecule is Cc1cccc(N(Cc2cc(=O)[nH]c3ccccc23)C(=O)COc2ccccc2)c1. The van der Waals surface area contributed by atoms with Crippen LogP contribution in [0.15, 0.2) is 89.7 Å². The standard InChI is InChI=1S/C25H22N2O3/c1-18-8-7-9-20(14-18)27(25(29)17-30-21-10-3-2-4-11-21)16-19-15-24(28)26-23-13-6-5-12-22(19)23/h2-15H,16-17H2,1H3,(H,26,28). The monoisotopic (exact) mass is 398 g/mol. The van der Waals surface area contributed by atoms with Gasteiger partial charge >= 0.3 is 0 Å². The van der Waals surface area contributed by atoms with Crippen LogP contribution in [0.4, 0.5) is 5.69 Å². The minimum absolute atomic E-state index is 0.0981. The van der Waals surface area contributed by atoms with E-state index in [1.54, 1.807) is 11.0 Å². The Labute approximate surface area is 174 Å². The lowest BCUT2D eigenvalue weighted by Gasteiger charge is -2.24. The Morgan fingerprint density at radius 3 is 2.50 bits per heavy atom. The highest BCUT2D eigenvalue weighted by Crippen LogP contribution is 2.22. The number of nitrogens with one attached hydrogen (secondary N) is 1. The zero-order valence-corrected chi connectivity index (χ0v) is 16.7. The van der Waals surface area contributed by atoms with E-state index in [4.69, 9.17) is 4.74 Å². The molecule has 1 N–H and O–H groups in total. The number of aromatic amines is 1. The van der Waals surface area contributed by atoms with Gasteiger partial charge < -0.3 is 14.6 Å². The average Bonchev–Trinajstić information content (AvgIpc) is 2.76. The molecule has 3 aromatic carbocycles. The Morgan fingerprint density at radius 2 is 1.70 bits per heavy atom. The number of nitrogens with zero attached hydrogens (tertiary/aromatic N) is 1. The van der Waals surface area contributed by atoms with E-state index >= 15 is 0 Å². The van der Waals surface area contributed by atoms with E-state index in [0.29, 0.717) is 5.75 Å². The van der Waals surface area contributed by atoms with Crippen molar-refractivity contribution in [2.45, 2.75) is 13.5 Å². The number of hydrogen-bond acceptors (Lipinski definition) is 3. The fourth-order valence-corrected chi connectivity index (χ4v) is 3.44. The van der Waals surface area contributed by atoms with E-state index in [-0.39, 0.29) is 24.6 Å². The molecule has 4 aromatic rings. The second-order valence-electron chi connectivity index (χ2n) is 7.13. The molecule has 0 aliphatic rings. The highest BCUT2D eigenvalue weighted by atomic mass is 16.5. The number of aryl methyl sites for hydroxylation is 1. The zero-order chi connectivity index (χ0) is 20.9. The first-order valence-electron chi connectivity index (χ1n) is 9.76. The Balaban J connectivity index is 1.68. The quantitative estimate of drug-likeness (QED) is 0.522. The maximum atomic E-state index is 13.2. The molecule has 0 saturated heterocycles. The summed E-state index contributed by atoms with van der Waals surface area (Å²) in [4.78, 5) is 29.9. The maximum absolute atomic E-state index is 13.2. The third kappa shape index (κ3) is 4.41. The Kier molecular flexibility index (Phi) is 5.61. The van der Waals surface area contributed by atoms with Crippen LogP contribution in [0.1, 0.15) is 11.1 Å². The van der Waals surface area contributed by atoms with Crippen LogP contribution in [0.5, 0.6) is 5.75 Å². The van der Waals surface area contributed by atoms with Gasteiger partial charge in [0.1, 0.15) is 5.75 Å². The predicted molar refractivity (Wildman–Crippen MR) is 119 cm³/mol. The maximum Gasteiger partial charge on any atom is 0.265 e.